The maximum atomic E-state index is 12.1. The van der Waals surface area contributed by atoms with Gasteiger partial charge < -0.3 is 10.6 Å². The highest BCUT2D eigenvalue weighted by Crippen LogP contribution is 2.22. The van der Waals surface area contributed by atoms with Gasteiger partial charge in [0, 0.05) is 11.8 Å². The van der Waals surface area contributed by atoms with Gasteiger partial charge >= 0.3 is 5.97 Å². The third-order valence-corrected chi connectivity index (χ3v) is 5.15. The van der Waals surface area contributed by atoms with E-state index in [1.54, 1.807) is 13.8 Å². The molecule has 1 aliphatic heterocycles. The molecule has 26 heavy (non-hydrogen) atoms. The quantitative estimate of drug-likeness (QED) is 0.181. The van der Waals surface area contributed by atoms with Gasteiger partial charge in [-0.25, -0.2) is 9.78 Å². The lowest BCUT2D eigenvalue weighted by Crippen LogP contribution is -2.68. The third kappa shape index (κ3) is 5.09. The third-order valence-electron chi connectivity index (χ3n) is 3.15. The van der Waals surface area contributed by atoms with Crippen LogP contribution in [0, 0.1) is 12.3 Å². The van der Waals surface area contributed by atoms with Gasteiger partial charge in [0.05, 0.1) is 7.11 Å². The lowest BCUT2D eigenvalue weighted by Gasteiger charge is -2.36. The zero-order chi connectivity index (χ0) is 19.3. The van der Waals surface area contributed by atoms with Crippen molar-refractivity contribution < 1.29 is 24.2 Å². The van der Waals surface area contributed by atoms with Gasteiger partial charge in [0.2, 0.25) is 5.91 Å². The van der Waals surface area contributed by atoms with Crippen molar-refractivity contribution in [2.45, 2.75) is 25.3 Å². The number of aryl methyl sites for hydroxylation is 1. The van der Waals surface area contributed by atoms with Crippen LogP contribution in [0.25, 0.3) is 0 Å². The number of aromatic nitrogens is 2. The first-order valence-electron chi connectivity index (χ1n) is 7.35. The van der Waals surface area contributed by atoms with Gasteiger partial charge in [0.15, 0.2) is 11.5 Å². The molecule has 10 nitrogen and oxygen atoms in total. The van der Waals surface area contributed by atoms with Crippen LogP contribution in [0.4, 0.5) is 0 Å². The molecule has 2 heterocycles. The molecule has 2 amide bonds. The molecule has 140 valence electrons. The van der Waals surface area contributed by atoms with E-state index in [0.29, 0.717) is 16.3 Å². The molecule has 2 atom stereocenters. The second-order valence-electron chi connectivity index (χ2n) is 5.26. The van der Waals surface area contributed by atoms with Gasteiger partial charge in [-0.3, -0.25) is 19.9 Å². The molecule has 0 aliphatic carbocycles. The summed E-state index contributed by atoms with van der Waals surface area (Å²) in [4.78, 5) is 47.7. The lowest BCUT2D eigenvalue weighted by molar-refractivity contribution is -0.249. The maximum absolute atomic E-state index is 12.1. The summed E-state index contributed by atoms with van der Waals surface area (Å²) in [6.07, 6.45) is 1.27. The number of hydrogen-bond acceptors (Lipinski definition) is 10. The largest absolute Gasteiger partial charge is 0.365 e. The first kappa shape index (κ1) is 20.0. The SMILES string of the molecule is COOC(=O)/C=C(\C)CSC1NC(=O)C1NC(=O)C(=N)c1nsc(C)n1. The van der Waals surface area contributed by atoms with Gasteiger partial charge in [0.1, 0.15) is 16.4 Å². The summed E-state index contributed by atoms with van der Waals surface area (Å²) in [6.45, 7) is 3.45. The van der Waals surface area contributed by atoms with E-state index in [0.717, 1.165) is 11.5 Å². The minimum atomic E-state index is -0.772. The summed E-state index contributed by atoms with van der Waals surface area (Å²) in [7, 11) is 1.23. The van der Waals surface area contributed by atoms with Crippen molar-refractivity contribution in [2.24, 2.45) is 0 Å². The van der Waals surface area contributed by atoms with E-state index in [1.165, 1.54) is 24.9 Å². The Morgan fingerprint density at radius 2 is 2.23 bits per heavy atom. The molecule has 1 saturated heterocycles. The predicted octanol–water partition coefficient (Wildman–Crippen LogP) is -0.0608. The number of β-lactam (4-membered cyclic amide) rings is 1. The van der Waals surface area contributed by atoms with Crippen molar-refractivity contribution in [3.05, 3.63) is 22.5 Å². The van der Waals surface area contributed by atoms with E-state index in [-0.39, 0.29) is 17.1 Å². The highest BCUT2D eigenvalue weighted by atomic mass is 32.2. The van der Waals surface area contributed by atoms with E-state index in [9.17, 15) is 14.4 Å². The van der Waals surface area contributed by atoms with Gasteiger partial charge in [-0.2, -0.15) is 9.26 Å². The van der Waals surface area contributed by atoms with Crippen molar-refractivity contribution in [3.63, 3.8) is 0 Å². The Morgan fingerprint density at radius 3 is 2.81 bits per heavy atom. The van der Waals surface area contributed by atoms with Crippen LogP contribution in [0.2, 0.25) is 0 Å². The number of nitrogens with zero attached hydrogens (tertiary/aromatic N) is 2. The molecular weight excluding hydrogens is 382 g/mol. The summed E-state index contributed by atoms with van der Waals surface area (Å²) in [6, 6.07) is -0.772. The standard InChI is InChI=1S/C14H17N5O5S2/c1-6(4-8(20)24-23-3)5-25-14-10(13(22)18-14)17-12(21)9(15)11-16-7(2)26-19-11/h4,10,14-15H,5H2,1-3H3,(H,17,21)(H,18,22)/b6-4+,15-9?. The molecule has 0 saturated carbocycles. The van der Waals surface area contributed by atoms with Crippen molar-refractivity contribution >= 4 is 46.8 Å². The van der Waals surface area contributed by atoms with Gasteiger partial charge in [-0.15, -0.1) is 11.8 Å². The van der Waals surface area contributed by atoms with Crippen LogP contribution in [0.15, 0.2) is 11.6 Å². The first-order valence-corrected chi connectivity index (χ1v) is 9.18. The molecule has 1 aliphatic rings. The average Bonchev–Trinajstić information content (AvgIpc) is 3.01. The molecule has 1 aromatic rings. The number of rotatable bonds is 8. The molecule has 1 fully saturated rings. The van der Waals surface area contributed by atoms with Crippen LogP contribution in [0.1, 0.15) is 17.8 Å². The van der Waals surface area contributed by atoms with Gasteiger partial charge in [0.25, 0.3) is 5.91 Å². The molecule has 1 aromatic heterocycles. The Morgan fingerprint density at radius 1 is 1.50 bits per heavy atom. The second-order valence-corrected chi connectivity index (χ2v) is 7.35. The van der Waals surface area contributed by atoms with E-state index in [1.807, 2.05) is 0 Å². The number of amides is 2. The molecule has 3 N–H and O–H groups in total. The smallest absolute Gasteiger partial charge is 0.340 e. The van der Waals surface area contributed by atoms with Crippen LogP contribution in [0.5, 0.6) is 0 Å². The minimum Gasteiger partial charge on any atom is -0.340 e. The molecule has 2 unspecified atom stereocenters. The normalized spacial score (nSPS) is 19.3. The maximum Gasteiger partial charge on any atom is 0.365 e. The topological polar surface area (TPSA) is 143 Å². The van der Waals surface area contributed by atoms with Crippen LogP contribution < -0.4 is 10.6 Å². The van der Waals surface area contributed by atoms with E-state index in [4.69, 9.17) is 5.41 Å². The Hall–Kier alpha value is -2.31. The zero-order valence-electron chi connectivity index (χ0n) is 14.2. The number of nitrogens with one attached hydrogen (secondary N) is 3. The molecule has 0 spiro atoms. The Bertz CT molecular complexity index is 763. The summed E-state index contributed by atoms with van der Waals surface area (Å²) < 4.78 is 3.91. The summed E-state index contributed by atoms with van der Waals surface area (Å²) in [5.41, 5.74) is 0.314. The molecule has 0 bridgehead atoms. The van der Waals surface area contributed by atoms with Crippen molar-refractivity contribution in [1.29, 1.82) is 5.41 Å². The van der Waals surface area contributed by atoms with E-state index < -0.39 is 23.6 Å². The van der Waals surface area contributed by atoms with E-state index >= 15 is 0 Å². The molecule has 0 radical (unpaired) electrons. The fourth-order valence-electron chi connectivity index (χ4n) is 1.92. The van der Waals surface area contributed by atoms with Crippen molar-refractivity contribution in [1.82, 2.24) is 20.0 Å². The Labute approximate surface area is 157 Å². The molecule has 0 aromatic carbocycles. The summed E-state index contributed by atoms with van der Waals surface area (Å²) in [5, 5.41) is 13.3. The number of thioether (sulfide) groups is 1. The highest BCUT2D eigenvalue weighted by molar-refractivity contribution is 8.00. The zero-order valence-corrected chi connectivity index (χ0v) is 15.8. The fourth-order valence-corrected chi connectivity index (χ4v) is 3.51. The van der Waals surface area contributed by atoms with Crippen LogP contribution in [0.3, 0.4) is 0 Å². The molecule has 2 rings (SSSR count). The van der Waals surface area contributed by atoms with Crippen LogP contribution in [-0.4, -0.2) is 57.1 Å². The fraction of sp³-hybridized carbons (Fsp3) is 0.429. The number of hydrogen-bond donors (Lipinski definition) is 3. The van der Waals surface area contributed by atoms with Gasteiger partial charge in [-0.05, 0) is 25.4 Å². The lowest BCUT2D eigenvalue weighted by atomic mass is 10.1. The molecular formula is C14H17N5O5S2. The Balaban J connectivity index is 1.87. The first-order chi connectivity index (χ1) is 12.3. The highest BCUT2D eigenvalue weighted by Gasteiger charge is 2.41. The second kappa shape index (κ2) is 8.87. The number of carbonyl (C=O) groups is 3. The summed E-state index contributed by atoms with van der Waals surface area (Å²) in [5.74, 6) is -1.23. The monoisotopic (exact) mass is 399 g/mol. The Kier molecular flexibility index (Phi) is 6.83. The minimum absolute atomic E-state index is 0.0318. The summed E-state index contributed by atoms with van der Waals surface area (Å²) >= 11 is 2.42. The van der Waals surface area contributed by atoms with Crippen LogP contribution in [-0.2, 0) is 24.2 Å². The van der Waals surface area contributed by atoms with Crippen molar-refractivity contribution in [2.75, 3.05) is 12.9 Å². The average molecular weight is 399 g/mol. The predicted molar refractivity (Wildman–Crippen MR) is 94.7 cm³/mol. The van der Waals surface area contributed by atoms with E-state index in [2.05, 4.69) is 29.8 Å². The van der Waals surface area contributed by atoms with Crippen molar-refractivity contribution in [3.8, 4) is 0 Å². The number of carbonyl (C=O) groups excluding carboxylic acids is 3. The van der Waals surface area contributed by atoms with Crippen LogP contribution >= 0.6 is 23.3 Å². The molecule has 12 heteroatoms. The van der Waals surface area contributed by atoms with Gasteiger partial charge in [-0.1, -0.05) is 5.57 Å².